The number of anilines is 1. The van der Waals surface area contributed by atoms with Crippen LogP contribution >= 0.6 is 23.2 Å². The van der Waals surface area contributed by atoms with Crippen molar-refractivity contribution in [2.75, 3.05) is 23.7 Å². The van der Waals surface area contributed by atoms with E-state index in [-0.39, 0.29) is 35.7 Å². The number of nitrogens with one attached hydrogen (secondary N) is 1. The lowest BCUT2D eigenvalue weighted by atomic mass is 9.86. The molecule has 2 rings (SSSR count). The second-order valence-corrected chi connectivity index (χ2v) is 11.2. The molecule has 0 radical (unpaired) electrons. The summed E-state index contributed by atoms with van der Waals surface area (Å²) in [6.07, 6.45) is 1.28. The van der Waals surface area contributed by atoms with E-state index in [1.807, 2.05) is 24.3 Å². The van der Waals surface area contributed by atoms with E-state index in [2.05, 4.69) is 26.1 Å². The molecule has 0 heterocycles. The summed E-state index contributed by atoms with van der Waals surface area (Å²) in [5, 5.41) is 3.28. The molecule has 0 saturated heterocycles. The molecule has 9 heteroatoms. The van der Waals surface area contributed by atoms with E-state index in [1.54, 1.807) is 13.0 Å². The van der Waals surface area contributed by atoms with Gasteiger partial charge in [-0.25, -0.2) is 8.42 Å². The van der Waals surface area contributed by atoms with Gasteiger partial charge < -0.3 is 10.1 Å². The number of carbonyl (C=O) groups is 1. The highest BCUT2D eigenvalue weighted by Gasteiger charge is 2.32. The van der Waals surface area contributed by atoms with E-state index in [0.717, 1.165) is 21.9 Å². The summed E-state index contributed by atoms with van der Waals surface area (Å²) < 4.78 is 32.0. The molecule has 0 fully saturated rings. The second kappa shape index (κ2) is 10.8. The van der Waals surface area contributed by atoms with Crippen LogP contribution in [0.5, 0.6) is 5.75 Å². The minimum Gasteiger partial charge on any atom is -0.491 e. The maximum absolute atomic E-state index is 12.9. The van der Waals surface area contributed by atoms with E-state index in [9.17, 15) is 13.2 Å². The predicted molar refractivity (Wildman–Crippen MR) is 132 cm³/mol. The summed E-state index contributed by atoms with van der Waals surface area (Å²) in [4.78, 5) is 12.9. The molecule has 6 nitrogen and oxygen atoms in total. The Balaban J connectivity index is 2.13. The number of ether oxygens (including phenoxy) is 1. The zero-order chi connectivity index (χ0) is 24.1. The minimum absolute atomic E-state index is 0.0840. The van der Waals surface area contributed by atoms with Gasteiger partial charge in [-0.3, -0.25) is 9.10 Å². The Morgan fingerprint density at radius 3 is 2.41 bits per heavy atom. The van der Waals surface area contributed by atoms with Gasteiger partial charge in [0, 0.05) is 5.02 Å². The van der Waals surface area contributed by atoms with Gasteiger partial charge in [0.25, 0.3) is 0 Å². The molecule has 0 unspecified atom stereocenters. The topological polar surface area (TPSA) is 75.7 Å². The first-order valence-electron chi connectivity index (χ1n) is 10.3. The fourth-order valence-electron chi connectivity index (χ4n) is 3.36. The molecule has 1 atom stereocenters. The van der Waals surface area contributed by atoms with Crippen molar-refractivity contribution in [3.8, 4) is 5.75 Å². The van der Waals surface area contributed by atoms with Crippen LogP contribution in [0.1, 0.15) is 39.7 Å². The third kappa shape index (κ3) is 6.77. The maximum Gasteiger partial charge on any atom is 0.244 e. The Bertz CT molecular complexity index is 1050. The van der Waals surface area contributed by atoms with Crippen molar-refractivity contribution < 1.29 is 17.9 Å². The van der Waals surface area contributed by atoms with Gasteiger partial charge in [0.2, 0.25) is 15.9 Å². The number of amides is 1. The molecule has 1 N–H and O–H groups in total. The quantitative estimate of drug-likeness (QED) is 0.489. The van der Waals surface area contributed by atoms with Gasteiger partial charge in [0.1, 0.15) is 18.4 Å². The normalized spacial score (nSPS) is 12.8. The summed E-state index contributed by atoms with van der Waals surface area (Å²) in [7, 11) is -3.81. The predicted octanol–water partition coefficient (Wildman–Crippen LogP) is 5.03. The number of nitrogens with zero attached hydrogens (tertiary/aromatic N) is 1. The summed E-state index contributed by atoms with van der Waals surface area (Å²) in [6.45, 7) is 8.49. The largest absolute Gasteiger partial charge is 0.491 e. The summed E-state index contributed by atoms with van der Waals surface area (Å²) in [5.74, 6) is 0.312. The third-order valence-corrected chi connectivity index (χ3v) is 6.55. The van der Waals surface area contributed by atoms with Gasteiger partial charge in [-0.15, -0.1) is 0 Å². The van der Waals surface area contributed by atoms with Crippen molar-refractivity contribution in [2.24, 2.45) is 0 Å². The lowest BCUT2D eigenvalue weighted by Gasteiger charge is -2.30. The Morgan fingerprint density at radius 1 is 1.16 bits per heavy atom. The number of rotatable bonds is 9. The fraction of sp³-hybridized carbons (Fsp3) is 0.435. The van der Waals surface area contributed by atoms with E-state index in [1.165, 1.54) is 12.1 Å². The zero-order valence-corrected chi connectivity index (χ0v) is 21.3. The van der Waals surface area contributed by atoms with Crippen LogP contribution in [0.15, 0.2) is 42.5 Å². The van der Waals surface area contributed by atoms with Crippen molar-refractivity contribution in [2.45, 2.75) is 45.6 Å². The Kier molecular flexibility index (Phi) is 8.85. The summed E-state index contributed by atoms with van der Waals surface area (Å²) in [6, 6.07) is 11.3. The first kappa shape index (κ1) is 26.3. The number of benzene rings is 2. The third-order valence-electron chi connectivity index (χ3n) is 4.83. The molecule has 0 saturated carbocycles. The standard InChI is InChI=1S/C23H30Cl2N2O4S/c1-6-19(27(32(5,29)30)20-15-16(24)11-12-18(20)25)22(28)26-13-14-31-21-10-8-7-9-17(21)23(2,3)4/h7-12,15,19H,6,13-14H2,1-5H3,(H,26,28)/t19-/m1/s1. The smallest absolute Gasteiger partial charge is 0.244 e. The molecule has 1 amide bonds. The zero-order valence-electron chi connectivity index (χ0n) is 19.0. The lowest BCUT2D eigenvalue weighted by Crippen LogP contribution is -2.50. The van der Waals surface area contributed by atoms with E-state index in [0.29, 0.717) is 5.02 Å². The molecule has 176 valence electrons. The molecule has 0 aliphatic rings. The Morgan fingerprint density at radius 2 is 1.81 bits per heavy atom. The van der Waals surface area contributed by atoms with Crippen LogP contribution in [-0.2, 0) is 20.2 Å². The van der Waals surface area contributed by atoms with E-state index < -0.39 is 22.0 Å². The minimum atomic E-state index is -3.81. The van der Waals surface area contributed by atoms with Crippen molar-refractivity contribution in [3.05, 3.63) is 58.1 Å². The van der Waals surface area contributed by atoms with Gasteiger partial charge in [-0.05, 0) is 41.7 Å². The molecule has 2 aromatic carbocycles. The summed E-state index contributed by atoms with van der Waals surface area (Å²) >= 11 is 12.3. The van der Waals surface area contributed by atoms with Crippen LogP contribution < -0.4 is 14.4 Å². The molecule has 0 spiro atoms. The van der Waals surface area contributed by atoms with Gasteiger partial charge >= 0.3 is 0 Å². The number of hydrogen-bond acceptors (Lipinski definition) is 4. The lowest BCUT2D eigenvalue weighted by molar-refractivity contribution is -0.122. The van der Waals surface area contributed by atoms with Crippen LogP contribution in [0.3, 0.4) is 0 Å². The average Bonchev–Trinajstić information content (AvgIpc) is 2.70. The molecular formula is C23H30Cl2N2O4S. The number of sulfonamides is 1. The molecular weight excluding hydrogens is 471 g/mol. The first-order valence-corrected chi connectivity index (χ1v) is 12.9. The second-order valence-electron chi connectivity index (χ2n) is 8.46. The van der Waals surface area contributed by atoms with Gasteiger partial charge in [0.15, 0.2) is 0 Å². The molecule has 0 aliphatic carbocycles. The summed E-state index contributed by atoms with van der Waals surface area (Å²) in [5.41, 5.74) is 1.15. The van der Waals surface area contributed by atoms with Crippen LogP contribution in [0.25, 0.3) is 0 Å². The molecule has 32 heavy (non-hydrogen) atoms. The first-order chi connectivity index (χ1) is 14.9. The van der Waals surface area contributed by atoms with Gasteiger partial charge in [-0.1, -0.05) is 69.1 Å². The van der Waals surface area contributed by atoms with Crippen molar-refractivity contribution >= 4 is 44.8 Å². The van der Waals surface area contributed by atoms with Crippen molar-refractivity contribution in [3.63, 3.8) is 0 Å². The van der Waals surface area contributed by atoms with Crippen LogP contribution in [-0.4, -0.2) is 39.8 Å². The van der Waals surface area contributed by atoms with Crippen LogP contribution in [0.2, 0.25) is 10.0 Å². The highest BCUT2D eigenvalue weighted by molar-refractivity contribution is 7.92. The fourth-order valence-corrected chi connectivity index (χ4v) is 5.00. The number of hydrogen-bond donors (Lipinski definition) is 1. The number of carbonyl (C=O) groups excluding carboxylic acids is 1. The molecule has 0 bridgehead atoms. The Hall–Kier alpha value is -1.96. The molecule has 0 aliphatic heterocycles. The highest BCUT2D eigenvalue weighted by atomic mass is 35.5. The number of para-hydroxylation sites is 1. The Labute approximate surface area is 200 Å². The van der Waals surface area contributed by atoms with Gasteiger partial charge in [-0.2, -0.15) is 0 Å². The van der Waals surface area contributed by atoms with Crippen molar-refractivity contribution in [1.82, 2.24) is 5.32 Å². The van der Waals surface area contributed by atoms with Crippen LogP contribution in [0, 0.1) is 0 Å². The highest BCUT2D eigenvalue weighted by Crippen LogP contribution is 2.33. The van der Waals surface area contributed by atoms with E-state index in [4.69, 9.17) is 27.9 Å². The molecule has 0 aromatic heterocycles. The average molecular weight is 501 g/mol. The van der Waals surface area contributed by atoms with Gasteiger partial charge in [0.05, 0.1) is 23.5 Å². The molecule has 2 aromatic rings. The monoisotopic (exact) mass is 500 g/mol. The van der Waals surface area contributed by atoms with Crippen molar-refractivity contribution in [1.29, 1.82) is 0 Å². The number of halogens is 2. The van der Waals surface area contributed by atoms with Crippen LogP contribution in [0.4, 0.5) is 5.69 Å². The SMILES string of the molecule is CC[C@H](C(=O)NCCOc1ccccc1C(C)(C)C)N(c1cc(Cl)ccc1Cl)S(C)(=O)=O. The van der Waals surface area contributed by atoms with E-state index >= 15 is 0 Å². The maximum atomic E-state index is 12.9.